The predicted molar refractivity (Wildman–Crippen MR) is 48.7 cm³/mol. The Labute approximate surface area is 82.7 Å². The third kappa shape index (κ3) is 5.87. The highest BCUT2D eigenvalue weighted by Crippen LogP contribution is 1.90. The summed E-state index contributed by atoms with van der Waals surface area (Å²) < 4.78 is 4.81. The lowest BCUT2D eigenvalue weighted by Gasteiger charge is -2.20. The molecule has 0 aromatic heterocycles. The standard InChI is InChI=1S/C8H17NO5/c10-3-1-9(2-4-11)8(13)7-14-6-5-12/h10-12H,1-7H2. The van der Waals surface area contributed by atoms with E-state index in [0.29, 0.717) is 0 Å². The number of aliphatic hydroxyl groups excluding tert-OH is 3. The van der Waals surface area contributed by atoms with Crippen LogP contribution in [0.4, 0.5) is 0 Å². The minimum atomic E-state index is -0.304. The van der Waals surface area contributed by atoms with E-state index in [-0.39, 0.29) is 52.0 Å². The number of rotatable bonds is 8. The van der Waals surface area contributed by atoms with Gasteiger partial charge >= 0.3 is 0 Å². The molecule has 0 bridgehead atoms. The molecule has 0 saturated carbocycles. The Balaban J connectivity index is 3.76. The highest BCUT2D eigenvalue weighted by molar-refractivity contribution is 5.77. The van der Waals surface area contributed by atoms with Gasteiger partial charge in [0.05, 0.1) is 26.4 Å². The Kier molecular flexibility index (Phi) is 8.45. The number of hydrogen-bond acceptors (Lipinski definition) is 5. The van der Waals surface area contributed by atoms with Gasteiger partial charge < -0.3 is 25.0 Å². The molecule has 6 nitrogen and oxygen atoms in total. The van der Waals surface area contributed by atoms with Crippen LogP contribution >= 0.6 is 0 Å². The quantitative estimate of drug-likeness (QED) is 0.393. The topological polar surface area (TPSA) is 90.2 Å². The smallest absolute Gasteiger partial charge is 0.248 e. The Morgan fingerprint density at radius 1 is 1.07 bits per heavy atom. The summed E-state index contributed by atoms with van der Waals surface area (Å²) in [6, 6.07) is 0. The first-order valence-corrected chi connectivity index (χ1v) is 4.44. The molecular weight excluding hydrogens is 190 g/mol. The molecular formula is C8H17NO5. The number of ether oxygens (including phenoxy) is 1. The Morgan fingerprint density at radius 3 is 2.07 bits per heavy atom. The molecule has 0 aromatic rings. The molecule has 0 radical (unpaired) electrons. The fourth-order valence-corrected chi connectivity index (χ4v) is 0.918. The molecule has 0 aromatic carbocycles. The van der Waals surface area contributed by atoms with Crippen molar-refractivity contribution in [2.24, 2.45) is 0 Å². The van der Waals surface area contributed by atoms with Crippen LogP contribution in [0.5, 0.6) is 0 Å². The summed E-state index contributed by atoms with van der Waals surface area (Å²) >= 11 is 0. The summed E-state index contributed by atoms with van der Waals surface area (Å²) in [6.45, 7) is -0.0904. The Bertz CT molecular complexity index is 147. The van der Waals surface area contributed by atoms with Crippen molar-refractivity contribution >= 4 is 5.91 Å². The highest BCUT2D eigenvalue weighted by atomic mass is 16.5. The normalized spacial score (nSPS) is 10.2. The number of nitrogens with zero attached hydrogens (tertiary/aromatic N) is 1. The molecule has 1 amide bonds. The number of aliphatic hydroxyl groups is 3. The third-order valence-corrected chi connectivity index (χ3v) is 1.55. The van der Waals surface area contributed by atoms with Gasteiger partial charge in [0.15, 0.2) is 0 Å². The minimum absolute atomic E-state index is 0.109. The average molecular weight is 207 g/mol. The molecule has 0 rings (SSSR count). The molecule has 0 aliphatic rings. The van der Waals surface area contributed by atoms with Gasteiger partial charge in [-0.1, -0.05) is 0 Å². The van der Waals surface area contributed by atoms with E-state index in [1.807, 2.05) is 0 Å². The molecule has 0 fully saturated rings. The highest BCUT2D eigenvalue weighted by Gasteiger charge is 2.11. The third-order valence-electron chi connectivity index (χ3n) is 1.55. The van der Waals surface area contributed by atoms with Crippen LogP contribution < -0.4 is 0 Å². The van der Waals surface area contributed by atoms with E-state index in [1.54, 1.807) is 0 Å². The van der Waals surface area contributed by atoms with Crippen molar-refractivity contribution in [1.29, 1.82) is 0 Å². The van der Waals surface area contributed by atoms with Gasteiger partial charge in [0, 0.05) is 13.1 Å². The molecule has 0 atom stereocenters. The number of hydrogen-bond donors (Lipinski definition) is 3. The van der Waals surface area contributed by atoms with Gasteiger partial charge in [-0.05, 0) is 0 Å². The Morgan fingerprint density at radius 2 is 1.64 bits per heavy atom. The van der Waals surface area contributed by atoms with Crippen LogP contribution in [0.1, 0.15) is 0 Å². The SMILES string of the molecule is O=C(COCCO)N(CCO)CCO. The molecule has 0 unspecified atom stereocenters. The van der Waals surface area contributed by atoms with Crippen LogP contribution in [0.3, 0.4) is 0 Å². The van der Waals surface area contributed by atoms with Crippen molar-refractivity contribution in [2.75, 3.05) is 46.1 Å². The second-order valence-corrected chi connectivity index (χ2v) is 2.60. The maximum absolute atomic E-state index is 11.3. The van der Waals surface area contributed by atoms with E-state index in [4.69, 9.17) is 20.1 Å². The first kappa shape index (κ1) is 13.3. The molecule has 14 heavy (non-hydrogen) atoms. The molecule has 3 N–H and O–H groups in total. The lowest BCUT2D eigenvalue weighted by molar-refractivity contribution is -0.137. The molecule has 0 aliphatic heterocycles. The summed E-state index contributed by atoms with van der Waals surface area (Å²) in [5.74, 6) is -0.304. The second kappa shape index (κ2) is 8.89. The first-order valence-electron chi connectivity index (χ1n) is 4.44. The number of amides is 1. The van der Waals surface area contributed by atoms with Gasteiger partial charge in [0.1, 0.15) is 6.61 Å². The zero-order chi connectivity index (χ0) is 10.8. The van der Waals surface area contributed by atoms with Crippen LogP contribution in [-0.2, 0) is 9.53 Å². The van der Waals surface area contributed by atoms with E-state index in [0.717, 1.165) is 0 Å². The molecule has 0 heterocycles. The summed E-state index contributed by atoms with van der Waals surface area (Å²) in [5.41, 5.74) is 0. The van der Waals surface area contributed by atoms with Crippen molar-refractivity contribution in [3.8, 4) is 0 Å². The van der Waals surface area contributed by atoms with Crippen molar-refractivity contribution in [3.63, 3.8) is 0 Å². The maximum atomic E-state index is 11.3. The van der Waals surface area contributed by atoms with E-state index >= 15 is 0 Å². The van der Waals surface area contributed by atoms with Crippen LogP contribution in [0, 0.1) is 0 Å². The van der Waals surface area contributed by atoms with Crippen LogP contribution in [-0.4, -0.2) is 72.3 Å². The van der Waals surface area contributed by atoms with Crippen LogP contribution in [0.2, 0.25) is 0 Å². The fourth-order valence-electron chi connectivity index (χ4n) is 0.918. The van der Waals surface area contributed by atoms with Crippen LogP contribution in [0.15, 0.2) is 0 Å². The summed E-state index contributed by atoms with van der Waals surface area (Å²) in [5, 5.41) is 25.6. The summed E-state index contributed by atoms with van der Waals surface area (Å²) in [7, 11) is 0. The summed E-state index contributed by atoms with van der Waals surface area (Å²) in [4.78, 5) is 12.6. The van der Waals surface area contributed by atoms with Gasteiger partial charge in [-0.25, -0.2) is 0 Å². The Hall–Kier alpha value is -0.690. The molecule has 6 heteroatoms. The molecule has 84 valence electrons. The molecule has 0 aliphatic carbocycles. The van der Waals surface area contributed by atoms with E-state index in [2.05, 4.69) is 0 Å². The lowest BCUT2D eigenvalue weighted by Crippen LogP contribution is -2.38. The largest absolute Gasteiger partial charge is 0.395 e. The monoisotopic (exact) mass is 207 g/mol. The van der Waals surface area contributed by atoms with Gasteiger partial charge in [-0.2, -0.15) is 0 Å². The predicted octanol–water partition coefficient (Wildman–Crippen LogP) is -2.19. The van der Waals surface area contributed by atoms with Gasteiger partial charge in [0.2, 0.25) is 5.91 Å². The van der Waals surface area contributed by atoms with Crippen molar-refractivity contribution in [1.82, 2.24) is 4.90 Å². The van der Waals surface area contributed by atoms with Crippen molar-refractivity contribution in [2.45, 2.75) is 0 Å². The minimum Gasteiger partial charge on any atom is -0.395 e. The van der Waals surface area contributed by atoms with E-state index in [1.165, 1.54) is 4.90 Å². The zero-order valence-corrected chi connectivity index (χ0v) is 8.06. The average Bonchev–Trinajstić information content (AvgIpc) is 2.18. The molecule has 0 spiro atoms. The van der Waals surface area contributed by atoms with Crippen molar-refractivity contribution in [3.05, 3.63) is 0 Å². The van der Waals surface area contributed by atoms with E-state index in [9.17, 15) is 4.79 Å². The van der Waals surface area contributed by atoms with Gasteiger partial charge in [0.25, 0.3) is 0 Å². The number of carbonyl (C=O) groups excluding carboxylic acids is 1. The number of carbonyl (C=O) groups is 1. The van der Waals surface area contributed by atoms with E-state index < -0.39 is 0 Å². The lowest BCUT2D eigenvalue weighted by atomic mass is 10.4. The van der Waals surface area contributed by atoms with Crippen LogP contribution in [0.25, 0.3) is 0 Å². The zero-order valence-electron chi connectivity index (χ0n) is 8.06. The van der Waals surface area contributed by atoms with Crippen molar-refractivity contribution < 1.29 is 24.9 Å². The fraction of sp³-hybridized carbons (Fsp3) is 0.875. The second-order valence-electron chi connectivity index (χ2n) is 2.60. The summed E-state index contributed by atoms with van der Waals surface area (Å²) in [6.07, 6.45) is 0. The maximum Gasteiger partial charge on any atom is 0.248 e. The van der Waals surface area contributed by atoms with Gasteiger partial charge in [-0.15, -0.1) is 0 Å². The first-order chi connectivity index (χ1) is 6.76. The molecule has 0 saturated heterocycles. The van der Waals surface area contributed by atoms with Gasteiger partial charge in [-0.3, -0.25) is 4.79 Å².